The number of hydrogen-bond acceptors (Lipinski definition) is 5. The van der Waals surface area contributed by atoms with Crippen LogP contribution in [-0.4, -0.2) is 49.7 Å². The molecule has 0 aromatic rings. The molecule has 0 aliphatic carbocycles. The van der Waals surface area contributed by atoms with Gasteiger partial charge in [0.15, 0.2) is 17.3 Å². The van der Waals surface area contributed by atoms with Crippen molar-refractivity contribution in [3.05, 3.63) is 0 Å². The molecule has 0 aromatic heterocycles. The lowest BCUT2D eigenvalue weighted by molar-refractivity contribution is -0.182. The molecule has 0 aliphatic rings. The van der Waals surface area contributed by atoms with Crippen molar-refractivity contribution in [1.29, 1.82) is 0 Å². The van der Waals surface area contributed by atoms with Gasteiger partial charge < -0.3 is 20.4 Å². The van der Waals surface area contributed by atoms with Crippen LogP contribution in [0.25, 0.3) is 0 Å². The van der Waals surface area contributed by atoms with E-state index in [4.69, 9.17) is 15.3 Å². The molecule has 0 spiro atoms. The standard InChI is InChI=1S/C11H16O8/c1-10(2,3)7(14)6(8(15)16)11(19,9(17)18)4-5(12)13/h6,19H,4H2,1-3H3,(H,12,13)(H,15,16)(H,17,18). The third-order valence-corrected chi connectivity index (χ3v) is 2.52. The second-order valence-corrected chi connectivity index (χ2v) is 5.19. The molecule has 0 aromatic carbocycles. The van der Waals surface area contributed by atoms with Crippen LogP contribution >= 0.6 is 0 Å². The summed E-state index contributed by atoms with van der Waals surface area (Å²) in [5.41, 5.74) is -4.44. The van der Waals surface area contributed by atoms with Gasteiger partial charge in [0.2, 0.25) is 0 Å². The summed E-state index contributed by atoms with van der Waals surface area (Å²) >= 11 is 0. The van der Waals surface area contributed by atoms with Gasteiger partial charge in [-0.25, -0.2) is 4.79 Å². The minimum Gasteiger partial charge on any atom is -0.481 e. The maximum absolute atomic E-state index is 11.9. The predicted molar refractivity (Wildman–Crippen MR) is 60.4 cm³/mol. The summed E-state index contributed by atoms with van der Waals surface area (Å²) in [7, 11) is 0. The monoisotopic (exact) mass is 276 g/mol. The Morgan fingerprint density at radius 2 is 1.42 bits per heavy atom. The third-order valence-electron chi connectivity index (χ3n) is 2.52. The highest BCUT2D eigenvalue weighted by molar-refractivity contribution is 6.07. The summed E-state index contributed by atoms with van der Waals surface area (Å²) in [5, 5.41) is 36.3. The zero-order valence-corrected chi connectivity index (χ0v) is 10.7. The lowest BCUT2D eigenvalue weighted by Crippen LogP contribution is -2.56. The number of ketones is 1. The smallest absolute Gasteiger partial charge is 0.337 e. The maximum atomic E-state index is 11.9. The van der Waals surface area contributed by atoms with Crippen molar-refractivity contribution in [2.45, 2.75) is 32.8 Å². The van der Waals surface area contributed by atoms with E-state index in [1.807, 2.05) is 0 Å². The van der Waals surface area contributed by atoms with Crippen molar-refractivity contribution in [2.24, 2.45) is 11.3 Å². The van der Waals surface area contributed by atoms with Gasteiger partial charge in [0.25, 0.3) is 0 Å². The molecule has 0 aliphatic heterocycles. The van der Waals surface area contributed by atoms with Crippen LogP contribution in [0.5, 0.6) is 0 Å². The summed E-state index contributed by atoms with van der Waals surface area (Å²) in [6.45, 7) is 4.02. The van der Waals surface area contributed by atoms with Crippen LogP contribution in [0.2, 0.25) is 0 Å². The van der Waals surface area contributed by atoms with E-state index < -0.39 is 47.0 Å². The zero-order chi connectivity index (χ0) is 15.6. The first-order valence-corrected chi connectivity index (χ1v) is 5.28. The van der Waals surface area contributed by atoms with E-state index in [0.717, 1.165) is 0 Å². The van der Waals surface area contributed by atoms with Gasteiger partial charge in [-0.15, -0.1) is 0 Å². The number of carbonyl (C=O) groups is 4. The van der Waals surface area contributed by atoms with Gasteiger partial charge in [0, 0.05) is 5.41 Å². The topological polar surface area (TPSA) is 149 Å². The van der Waals surface area contributed by atoms with E-state index in [9.17, 15) is 24.3 Å². The van der Waals surface area contributed by atoms with Crippen LogP contribution in [0.4, 0.5) is 0 Å². The van der Waals surface area contributed by atoms with Gasteiger partial charge in [-0.1, -0.05) is 20.8 Å². The Morgan fingerprint density at radius 3 is 1.63 bits per heavy atom. The van der Waals surface area contributed by atoms with Gasteiger partial charge >= 0.3 is 17.9 Å². The highest BCUT2D eigenvalue weighted by Crippen LogP contribution is 2.31. The second kappa shape index (κ2) is 5.35. The molecule has 0 saturated heterocycles. The molecule has 0 amide bonds. The van der Waals surface area contributed by atoms with E-state index in [0.29, 0.717) is 0 Å². The minimum absolute atomic E-state index is 1.06. The number of carboxylic acids is 3. The van der Waals surface area contributed by atoms with E-state index in [1.165, 1.54) is 20.8 Å². The second-order valence-electron chi connectivity index (χ2n) is 5.19. The molecule has 0 bridgehead atoms. The molecule has 19 heavy (non-hydrogen) atoms. The SMILES string of the molecule is CC(C)(C)C(=O)C(C(=O)O)C(O)(CC(=O)O)C(=O)O. The van der Waals surface area contributed by atoms with Crippen LogP contribution in [0.1, 0.15) is 27.2 Å². The summed E-state index contributed by atoms with van der Waals surface area (Å²) in [6, 6.07) is 0. The molecule has 0 heterocycles. The number of aliphatic hydroxyl groups is 1. The van der Waals surface area contributed by atoms with Crippen molar-refractivity contribution in [1.82, 2.24) is 0 Å². The molecule has 4 N–H and O–H groups in total. The van der Waals surface area contributed by atoms with Crippen molar-refractivity contribution in [3.63, 3.8) is 0 Å². The summed E-state index contributed by atoms with van der Waals surface area (Å²) in [4.78, 5) is 44.6. The predicted octanol–water partition coefficient (Wildman–Crippen LogP) is -0.407. The van der Waals surface area contributed by atoms with Crippen LogP contribution in [0.3, 0.4) is 0 Å². The molecule has 8 nitrogen and oxygen atoms in total. The first-order chi connectivity index (χ1) is 8.34. The molecule has 0 fully saturated rings. The largest absolute Gasteiger partial charge is 0.481 e. The number of aliphatic carboxylic acids is 3. The van der Waals surface area contributed by atoms with Gasteiger partial charge in [-0.2, -0.15) is 0 Å². The number of carbonyl (C=O) groups excluding carboxylic acids is 1. The Labute approximate surface area is 108 Å². The van der Waals surface area contributed by atoms with Crippen LogP contribution in [0.15, 0.2) is 0 Å². The highest BCUT2D eigenvalue weighted by atomic mass is 16.4. The molecule has 0 saturated carbocycles. The normalized spacial score (nSPS) is 16.2. The maximum Gasteiger partial charge on any atom is 0.337 e. The number of rotatable bonds is 6. The summed E-state index contributed by atoms with van der Waals surface area (Å²) in [5.74, 6) is -9.10. The first kappa shape index (κ1) is 17.0. The van der Waals surface area contributed by atoms with E-state index in [2.05, 4.69) is 0 Å². The minimum atomic E-state index is -3.19. The summed E-state index contributed by atoms with van der Waals surface area (Å²) < 4.78 is 0. The third kappa shape index (κ3) is 3.75. The van der Waals surface area contributed by atoms with Gasteiger partial charge in [0.05, 0.1) is 6.42 Å². The van der Waals surface area contributed by atoms with Crippen molar-refractivity contribution < 1.29 is 39.6 Å². The first-order valence-electron chi connectivity index (χ1n) is 5.28. The molecular formula is C11H16O8. The molecule has 2 unspecified atom stereocenters. The number of carboxylic acid groups (broad SMARTS) is 3. The van der Waals surface area contributed by atoms with Crippen LogP contribution in [0, 0.1) is 11.3 Å². The van der Waals surface area contributed by atoms with Crippen LogP contribution in [-0.2, 0) is 19.2 Å². The Hall–Kier alpha value is -1.96. The Balaban J connectivity index is 5.83. The van der Waals surface area contributed by atoms with Crippen LogP contribution < -0.4 is 0 Å². The fourth-order valence-electron chi connectivity index (χ4n) is 1.50. The molecule has 2 atom stereocenters. The molecule has 0 rings (SSSR count). The Morgan fingerprint density at radius 1 is 1.00 bits per heavy atom. The number of Topliss-reactive ketones (excluding diaryl/α,β-unsaturated/α-hetero) is 1. The lowest BCUT2D eigenvalue weighted by atomic mass is 9.73. The Kier molecular flexibility index (Phi) is 4.80. The van der Waals surface area contributed by atoms with E-state index >= 15 is 0 Å². The van der Waals surface area contributed by atoms with Crippen molar-refractivity contribution in [3.8, 4) is 0 Å². The molecule has 108 valence electrons. The summed E-state index contributed by atoms with van der Waals surface area (Å²) in [6.07, 6.45) is -1.39. The lowest BCUT2D eigenvalue weighted by Gasteiger charge is -2.31. The zero-order valence-electron chi connectivity index (χ0n) is 10.7. The van der Waals surface area contributed by atoms with Crippen molar-refractivity contribution >= 4 is 23.7 Å². The Bertz CT molecular complexity index is 419. The fraction of sp³-hybridized carbons (Fsp3) is 0.636. The van der Waals surface area contributed by atoms with Crippen molar-refractivity contribution in [2.75, 3.05) is 0 Å². The van der Waals surface area contributed by atoms with E-state index in [1.54, 1.807) is 0 Å². The number of hydrogen-bond donors (Lipinski definition) is 4. The molecular weight excluding hydrogens is 260 g/mol. The fourth-order valence-corrected chi connectivity index (χ4v) is 1.50. The quantitative estimate of drug-likeness (QED) is 0.478. The molecule has 0 radical (unpaired) electrons. The van der Waals surface area contributed by atoms with Gasteiger partial charge in [-0.05, 0) is 0 Å². The average molecular weight is 276 g/mol. The molecule has 8 heteroatoms. The van der Waals surface area contributed by atoms with Gasteiger partial charge in [-0.3, -0.25) is 14.4 Å². The van der Waals surface area contributed by atoms with Gasteiger partial charge in [0.1, 0.15) is 0 Å². The average Bonchev–Trinajstić information content (AvgIpc) is 2.13. The van der Waals surface area contributed by atoms with E-state index in [-0.39, 0.29) is 0 Å². The highest BCUT2D eigenvalue weighted by Gasteiger charge is 2.55.